The number of nitrogens with one attached hydrogen (secondary N) is 1. The molecule has 1 fully saturated rings. The van der Waals surface area contributed by atoms with Crippen molar-refractivity contribution in [2.75, 3.05) is 18.0 Å². The lowest BCUT2D eigenvalue weighted by molar-refractivity contribution is -0.137. The normalized spacial score (nSPS) is 16.4. The molecule has 9 heteroatoms. The molecule has 0 aliphatic carbocycles. The van der Waals surface area contributed by atoms with E-state index in [0.717, 1.165) is 25.0 Å². The van der Waals surface area contributed by atoms with Crippen molar-refractivity contribution in [3.8, 4) is 11.4 Å². The van der Waals surface area contributed by atoms with Crippen molar-refractivity contribution in [1.82, 2.24) is 20.2 Å². The first-order valence-corrected chi connectivity index (χ1v) is 8.31. The molecule has 0 aromatic carbocycles. The van der Waals surface area contributed by atoms with Crippen molar-refractivity contribution in [2.24, 2.45) is 5.73 Å². The zero-order chi connectivity index (χ0) is 18.3. The number of rotatable bonds is 2. The summed E-state index contributed by atoms with van der Waals surface area (Å²) >= 11 is 0. The Morgan fingerprint density at radius 2 is 1.96 bits per heavy atom. The van der Waals surface area contributed by atoms with Crippen molar-refractivity contribution >= 4 is 16.9 Å². The predicted molar refractivity (Wildman–Crippen MR) is 91.5 cm³/mol. The molecule has 4 heterocycles. The predicted octanol–water partition coefficient (Wildman–Crippen LogP) is 2.97. The van der Waals surface area contributed by atoms with Gasteiger partial charge in [-0.15, -0.1) is 0 Å². The summed E-state index contributed by atoms with van der Waals surface area (Å²) in [6.07, 6.45) is -1.43. The molecule has 136 valence electrons. The summed E-state index contributed by atoms with van der Waals surface area (Å²) in [5, 5.41) is 7.50. The molecule has 0 radical (unpaired) electrons. The first-order valence-electron chi connectivity index (χ1n) is 8.31. The Bertz CT molecular complexity index is 928. The molecule has 1 aliphatic heterocycles. The molecule has 0 atom stereocenters. The van der Waals surface area contributed by atoms with Crippen LogP contribution >= 0.6 is 0 Å². The van der Waals surface area contributed by atoms with Crippen LogP contribution in [0.25, 0.3) is 22.4 Å². The van der Waals surface area contributed by atoms with Gasteiger partial charge in [0, 0.05) is 30.7 Å². The zero-order valence-electron chi connectivity index (χ0n) is 13.8. The fourth-order valence-corrected chi connectivity index (χ4v) is 3.14. The number of aromatic amines is 1. The van der Waals surface area contributed by atoms with E-state index < -0.39 is 11.7 Å². The molecule has 1 saturated heterocycles. The minimum absolute atomic E-state index is 0.0814. The Morgan fingerprint density at radius 1 is 1.19 bits per heavy atom. The topological polar surface area (TPSA) is 83.7 Å². The number of alkyl halides is 3. The number of pyridine rings is 2. The zero-order valence-corrected chi connectivity index (χ0v) is 13.8. The number of aromatic nitrogens is 4. The van der Waals surface area contributed by atoms with E-state index in [4.69, 9.17) is 5.73 Å². The molecular weight excluding hydrogens is 345 g/mol. The second-order valence-corrected chi connectivity index (χ2v) is 6.39. The van der Waals surface area contributed by atoms with E-state index in [1.54, 1.807) is 18.3 Å². The van der Waals surface area contributed by atoms with Crippen LogP contribution in [0.5, 0.6) is 0 Å². The van der Waals surface area contributed by atoms with Gasteiger partial charge >= 0.3 is 6.18 Å². The molecule has 0 unspecified atom stereocenters. The number of fused-ring (bicyclic) bond motifs is 1. The monoisotopic (exact) mass is 362 g/mol. The van der Waals surface area contributed by atoms with Crippen molar-refractivity contribution in [3.05, 3.63) is 36.0 Å². The third-order valence-corrected chi connectivity index (χ3v) is 4.58. The van der Waals surface area contributed by atoms with E-state index in [1.165, 1.54) is 0 Å². The van der Waals surface area contributed by atoms with Gasteiger partial charge in [0.15, 0.2) is 5.65 Å². The average molecular weight is 362 g/mol. The number of hydrogen-bond acceptors (Lipinski definition) is 5. The van der Waals surface area contributed by atoms with E-state index in [0.29, 0.717) is 35.6 Å². The Kier molecular flexibility index (Phi) is 4.03. The highest BCUT2D eigenvalue weighted by molar-refractivity contribution is 5.89. The molecule has 3 N–H and O–H groups in total. The van der Waals surface area contributed by atoms with Gasteiger partial charge in [-0.3, -0.25) is 5.10 Å². The van der Waals surface area contributed by atoms with Crippen molar-refractivity contribution in [2.45, 2.75) is 25.1 Å². The molecule has 0 amide bonds. The average Bonchev–Trinajstić information content (AvgIpc) is 3.05. The van der Waals surface area contributed by atoms with Crippen LogP contribution in [0.1, 0.15) is 18.4 Å². The van der Waals surface area contributed by atoms with E-state index in [-0.39, 0.29) is 11.7 Å². The maximum absolute atomic E-state index is 13.4. The van der Waals surface area contributed by atoms with Crippen molar-refractivity contribution in [3.63, 3.8) is 0 Å². The molecule has 1 aliphatic rings. The molecule has 0 spiro atoms. The van der Waals surface area contributed by atoms with Crippen molar-refractivity contribution < 1.29 is 13.2 Å². The number of halogens is 3. The maximum Gasteiger partial charge on any atom is 0.416 e. The van der Waals surface area contributed by atoms with Crippen molar-refractivity contribution in [1.29, 1.82) is 0 Å². The summed E-state index contributed by atoms with van der Waals surface area (Å²) in [7, 11) is 0. The number of nitrogens with two attached hydrogens (primary N) is 1. The van der Waals surface area contributed by atoms with Gasteiger partial charge in [0.25, 0.3) is 0 Å². The van der Waals surface area contributed by atoms with Crippen LogP contribution in [-0.2, 0) is 6.18 Å². The van der Waals surface area contributed by atoms with Crippen LogP contribution in [-0.4, -0.2) is 39.3 Å². The van der Waals surface area contributed by atoms with Gasteiger partial charge in [-0.05, 0) is 37.1 Å². The quantitative estimate of drug-likeness (QED) is 0.732. The number of anilines is 1. The van der Waals surface area contributed by atoms with E-state index >= 15 is 0 Å². The highest BCUT2D eigenvalue weighted by Crippen LogP contribution is 2.35. The third-order valence-electron chi connectivity index (χ3n) is 4.58. The second-order valence-electron chi connectivity index (χ2n) is 6.39. The Morgan fingerprint density at radius 3 is 2.69 bits per heavy atom. The van der Waals surface area contributed by atoms with Gasteiger partial charge in [-0.25, -0.2) is 9.97 Å². The molecule has 6 nitrogen and oxygen atoms in total. The fraction of sp³-hybridized carbons (Fsp3) is 0.353. The van der Waals surface area contributed by atoms with Crippen LogP contribution in [0.2, 0.25) is 0 Å². The maximum atomic E-state index is 13.4. The SMILES string of the molecule is NC1CCN(c2cc(C(F)(F)F)cc(-c3n[nH]c4ncccc34)n2)CC1. The van der Waals surface area contributed by atoms with E-state index in [1.807, 2.05) is 4.90 Å². The number of hydrogen-bond donors (Lipinski definition) is 2. The largest absolute Gasteiger partial charge is 0.416 e. The lowest BCUT2D eigenvalue weighted by Crippen LogP contribution is -2.40. The lowest BCUT2D eigenvalue weighted by Gasteiger charge is -2.31. The fourth-order valence-electron chi connectivity index (χ4n) is 3.14. The summed E-state index contributed by atoms with van der Waals surface area (Å²) < 4.78 is 40.3. The molecule has 3 aromatic heterocycles. The first-order chi connectivity index (χ1) is 12.4. The number of H-pyrrole nitrogens is 1. The standard InChI is InChI=1S/C17H17F3N6/c18-17(19,20)10-8-13(15-12-2-1-5-22-16(12)25-24-15)23-14(9-10)26-6-3-11(21)4-7-26/h1-2,5,8-9,11H,3-4,6-7,21H2,(H,22,24,25). The van der Waals surface area contributed by atoms with Gasteiger partial charge in [0.2, 0.25) is 0 Å². The van der Waals surface area contributed by atoms with Gasteiger partial charge in [-0.2, -0.15) is 18.3 Å². The van der Waals surface area contributed by atoms with Crippen LogP contribution in [0.4, 0.5) is 19.0 Å². The number of piperidine rings is 1. The van der Waals surface area contributed by atoms with Crippen LogP contribution < -0.4 is 10.6 Å². The second kappa shape index (κ2) is 6.24. The molecule has 0 bridgehead atoms. The van der Waals surface area contributed by atoms with E-state index in [2.05, 4.69) is 20.2 Å². The summed E-state index contributed by atoms with van der Waals surface area (Å²) in [5.41, 5.74) is 6.18. The summed E-state index contributed by atoms with van der Waals surface area (Å²) in [5.74, 6) is 0.293. The summed E-state index contributed by atoms with van der Waals surface area (Å²) in [4.78, 5) is 10.4. The highest BCUT2D eigenvalue weighted by Gasteiger charge is 2.33. The molecule has 0 saturated carbocycles. The van der Waals surface area contributed by atoms with Crippen LogP contribution in [0, 0.1) is 0 Å². The minimum Gasteiger partial charge on any atom is -0.356 e. The highest BCUT2D eigenvalue weighted by atomic mass is 19.4. The van der Waals surface area contributed by atoms with Gasteiger partial charge in [0.1, 0.15) is 11.5 Å². The number of nitrogens with zero attached hydrogens (tertiary/aromatic N) is 4. The lowest BCUT2D eigenvalue weighted by atomic mass is 10.1. The first kappa shape index (κ1) is 16.8. The van der Waals surface area contributed by atoms with Crippen LogP contribution in [0.15, 0.2) is 30.5 Å². The molecule has 3 aromatic rings. The summed E-state index contributed by atoms with van der Waals surface area (Å²) in [6, 6.07) is 5.66. The van der Waals surface area contributed by atoms with Gasteiger partial charge in [0.05, 0.1) is 11.3 Å². The molecular formula is C17H17F3N6. The summed E-state index contributed by atoms with van der Waals surface area (Å²) in [6.45, 7) is 1.16. The Labute approximate surface area is 147 Å². The molecule has 26 heavy (non-hydrogen) atoms. The van der Waals surface area contributed by atoms with Gasteiger partial charge < -0.3 is 10.6 Å². The Hall–Kier alpha value is -2.68. The third kappa shape index (κ3) is 3.10. The van der Waals surface area contributed by atoms with Gasteiger partial charge in [-0.1, -0.05) is 0 Å². The molecule has 4 rings (SSSR count). The van der Waals surface area contributed by atoms with Crippen LogP contribution in [0.3, 0.4) is 0 Å². The Balaban J connectivity index is 1.82. The smallest absolute Gasteiger partial charge is 0.356 e. The minimum atomic E-state index is -4.47. The van der Waals surface area contributed by atoms with E-state index in [9.17, 15) is 13.2 Å².